The minimum Gasteiger partial charge on any atom is -0.497 e. The minimum absolute atomic E-state index is 0.153. The molecule has 0 unspecified atom stereocenters. The van der Waals surface area contributed by atoms with Crippen LogP contribution in [0.5, 0.6) is 11.5 Å². The molecule has 5 nitrogen and oxygen atoms in total. The molecule has 0 atom stereocenters. The standard InChI is InChI=1S/C13H16O5/c1-5-10(14)12-9(13(15)18-4)6-8(16-2)7-11(12)17-3/h6-7H,5H2,1-4H3. The number of hydrogen-bond acceptors (Lipinski definition) is 5. The molecule has 5 heteroatoms. The average Bonchev–Trinajstić information content (AvgIpc) is 2.43. The highest BCUT2D eigenvalue weighted by molar-refractivity contribution is 6.08. The van der Waals surface area contributed by atoms with Crippen molar-refractivity contribution in [1.29, 1.82) is 0 Å². The summed E-state index contributed by atoms with van der Waals surface area (Å²) in [5.41, 5.74) is 0.383. The molecule has 0 amide bonds. The molecule has 0 N–H and O–H groups in total. The van der Waals surface area contributed by atoms with Crippen molar-refractivity contribution in [3.63, 3.8) is 0 Å². The monoisotopic (exact) mass is 252 g/mol. The Bertz CT molecular complexity index is 465. The number of carbonyl (C=O) groups excluding carboxylic acids is 2. The second-order valence-corrected chi connectivity index (χ2v) is 3.52. The van der Waals surface area contributed by atoms with E-state index in [1.54, 1.807) is 13.0 Å². The summed E-state index contributed by atoms with van der Waals surface area (Å²) in [6, 6.07) is 3.03. The van der Waals surface area contributed by atoms with Gasteiger partial charge in [0.25, 0.3) is 0 Å². The van der Waals surface area contributed by atoms with Crippen molar-refractivity contribution in [1.82, 2.24) is 0 Å². The smallest absolute Gasteiger partial charge is 0.338 e. The molecule has 0 saturated carbocycles. The second-order valence-electron chi connectivity index (χ2n) is 3.52. The molecule has 1 aromatic carbocycles. The van der Waals surface area contributed by atoms with E-state index in [1.807, 2.05) is 0 Å². The first kappa shape index (κ1) is 14.0. The van der Waals surface area contributed by atoms with Crippen LogP contribution >= 0.6 is 0 Å². The summed E-state index contributed by atoms with van der Waals surface area (Å²) in [6.45, 7) is 1.72. The van der Waals surface area contributed by atoms with Gasteiger partial charge in [-0.1, -0.05) is 6.92 Å². The molecule has 1 rings (SSSR count). The van der Waals surface area contributed by atoms with E-state index in [4.69, 9.17) is 9.47 Å². The van der Waals surface area contributed by atoms with E-state index in [1.165, 1.54) is 27.4 Å². The number of esters is 1. The van der Waals surface area contributed by atoms with Crippen LogP contribution in [0.4, 0.5) is 0 Å². The van der Waals surface area contributed by atoms with Gasteiger partial charge in [-0.15, -0.1) is 0 Å². The molecule has 0 heterocycles. The van der Waals surface area contributed by atoms with Gasteiger partial charge >= 0.3 is 5.97 Å². The summed E-state index contributed by atoms with van der Waals surface area (Å²) < 4.78 is 14.9. The summed E-state index contributed by atoms with van der Waals surface area (Å²) in [4.78, 5) is 23.6. The third-order valence-corrected chi connectivity index (χ3v) is 2.54. The van der Waals surface area contributed by atoms with Crippen LogP contribution in [0.2, 0.25) is 0 Å². The van der Waals surface area contributed by atoms with Gasteiger partial charge in [0, 0.05) is 12.5 Å². The molecule has 18 heavy (non-hydrogen) atoms. The van der Waals surface area contributed by atoms with Gasteiger partial charge in [-0.3, -0.25) is 4.79 Å². The molecule has 0 aromatic heterocycles. The topological polar surface area (TPSA) is 61.8 Å². The summed E-state index contributed by atoms with van der Waals surface area (Å²) in [6.07, 6.45) is 0.271. The Morgan fingerprint density at radius 1 is 1.11 bits per heavy atom. The molecular weight excluding hydrogens is 236 g/mol. The lowest BCUT2D eigenvalue weighted by molar-refractivity contribution is 0.0596. The largest absolute Gasteiger partial charge is 0.497 e. The van der Waals surface area contributed by atoms with Crippen LogP contribution in [0.1, 0.15) is 34.1 Å². The van der Waals surface area contributed by atoms with Gasteiger partial charge in [0.1, 0.15) is 11.5 Å². The van der Waals surface area contributed by atoms with Crippen LogP contribution in [0.15, 0.2) is 12.1 Å². The van der Waals surface area contributed by atoms with E-state index in [9.17, 15) is 9.59 Å². The lowest BCUT2D eigenvalue weighted by Crippen LogP contribution is -2.12. The molecule has 0 fully saturated rings. The van der Waals surface area contributed by atoms with Crippen LogP contribution in [0.25, 0.3) is 0 Å². The van der Waals surface area contributed by atoms with Gasteiger partial charge < -0.3 is 14.2 Å². The lowest BCUT2D eigenvalue weighted by atomic mass is 10.00. The molecule has 0 aliphatic carbocycles. The van der Waals surface area contributed by atoms with Gasteiger partial charge in [0.05, 0.1) is 32.5 Å². The summed E-state index contributed by atoms with van der Waals surface area (Å²) >= 11 is 0. The van der Waals surface area contributed by atoms with Crippen molar-refractivity contribution >= 4 is 11.8 Å². The average molecular weight is 252 g/mol. The van der Waals surface area contributed by atoms with Crippen molar-refractivity contribution < 1.29 is 23.8 Å². The molecular formula is C13H16O5. The molecule has 0 aliphatic rings. The molecule has 98 valence electrons. The molecule has 0 spiro atoms. The number of benzene rings is 1. The maximum Gasteiger partial charge on any atom is 0.338 e. The Morgan fingerprint density at radius 2 is 1.78 bits per heavy atom. The second kappa shape index (κ2) is 6.05. The number of hydrogen-bond donors (Lipinski definition) is 0. The van der Waals surface area contributed by atoms with E-state index in [0.29, 0.717) is 11.5 Å². The third-order valence-electron chi connectivity index (χ3n) is 2.54. The predicted molar refractivity (Wildman–Crippen MR) is 65.5 cm³/mol. The molecule has 0 saturated heterocycles. The summed E-state index contributed by atoms with van der Waals surface area (Å²) in [7, 11) is 4.16. The molecule has 0 aliphatic heterocycles. The Balaban J connectivity index is 3.51. The quantitative estimate of drug-likeness (QED) is 0.593. The number of ether oxygens (including phenoxy) is 3. The van der Waals surface area contributed by atoms with Crippen LogP contribution in [0.3, 0.4) is 0 Å². The van der Waals surface area contributed by atoms with Crippen LogP contribution in [0, 0.1) is 0 Å². The van der Waals surface area contributed by atoms with Gasteiger partial charge in [-0.05, 0) is 6.07 Å². The number of carbonyl (C=O) groups is 2. The van der Waals surface area contributed by atoms with Crippen molar-refractivity contribution in [3.8, 4) is 11.5 Å². The summed E-state index contributed by atoms with van der Waals surface area (Å²) in [5.74, 6) is -0.0413. The van der Waals surface area contributed by atoms with Crippen molar-refractivity contribution in [2.45, 2.75) is 13.3 Å². The van der Waals surface area contributed by atoms with Crippen LogP contribution in [-0.4, -0.2) is 33.1 Å². The van der Waals surface area contributed by atoms with E-state index in [-0.39, 0.29) is 23.3 Å². The van der Waals surface area contributed by atoms with Crippen LogP contribution in [-0.2, 0) is 4.74 Å². The normalized spacial score (nSPS) is 9.78. The zero-order chi connectivity index (χ0) is 13.7. The predicted octanol–water partition coefficient (Wildman–Crippen LogP) is 2.08. The zero-order valence-corrected chi connectivity index (χ0v) is 10.9. The first-order chi connectivity index (χ1) is 8.58. The van der Waals surface area contributed by atoms with Crippen molar-refractivity contribution in [3.05, 3.63) is 23.3 Å². The zero-order valence-electron chi connectivity index (χ0n) is 10.9. The summed E-state index contributed by atoms with van der Waals surface area (Å²) in [5, 5.41) is 0. The Kier molecular flexibility index (Phi) is 4.71. The number of ketones is 1. The molecule has 0 bridgehead atoms. The maximum absolute atomic E-state index is 11.9. The molecule has 0 radical (unpaired) electrons. The Morgan fingerprint density at radius 3 is 2.22 bits per heavy atom. The molecule has 1 aromatic rings. The number of Topliss-reactive ketones (excluding diaryl/α,β-unsaturated/α-hetero) is 1. The minimum atomic E-state index is -0.594. The van der Waals surface area contributed by atoms with E-state index < -0.39 is 5.97 Å². The van der Waals surface area contributed by atoms with E-state index >= 15 is 0 Å². The van der Waals surface area contributed by atoms with Crippen LogP contribution < -0.4 is 9.47 Å². The van der Waals surface area contributed by atoms with E-state index in [0.717, 1.165) is 0 Å². The number of methoxy groups -OCH3 is 3. The SMILES string of the molecule is CCC(=O)c1c(OC)cc(OC)cc1C(=O)OC. The highest BCUT2D eigenvalue weighted by Crippen LogP contribution is 2.30. The fourth-order valence-corrected chi connectivity index (χ4v) is 1.60. The van der Waals surface area contributed by atoms with Gasteiger partial charge in [0.15, 0.2) is 5.78 Å². The fraction of sp³-hybridized carbons (Fsp3) is 0.385. The Hall–Kier alpha value is -2.04. The highest BCUT2D eigenvalue weighted by Gasteiger charge is 2.22. The first-order valence-electron chi connectivity index (χ1n) is 5.46. The third kappa shape index (κ3) is 2.61. The fourth-order valence-electron chi connectivity index (χ4n) is 1.60. The van der Waals surface area contributed by atoms with E-state index in [2.05, 4.69) is 4.74 Å². The van der Waals surface area contributed by atoms with Gasteiger partial charge in [-0.2, -0.15) is 0 Å². The van der Waals surface area contributed by atoms with Crippen molar-refractivity contribution in [2.24, 2.45) is 0 Å². The van der Waals surface area contributed by atoms with Gasteiger partial charge in [-0.25, -0.2) is 4.79 Å². The van der Waals surface area contributed by atoms with Gasteiger partial charge in [0.2, 0.25) is 0 Å². The maximum atomic E-state index is 11.9. The highest BCUT2D eigenvalue weighted by atomic mass is 16.5. The first-order valence-corrected chi connectivity index (χ1v) is 5.46. The van der Waals surface area contributed by atoms with Crippen molar-refractivity contribution in [2.75, 3.05) is 21.3 Å². The Labute approximate surface area is 106 Å². The lowest BCUT2D eigenvalue weighted by Gasteiger charge is -2.13. The number of rotatable bonds is 5.